The number of hydroxylamine groups is 1. The normalized spacial score (nSPS) is 12.4. The van der Waals surface area contributed by atoms with Crippen LogP contribution in [0.1, 0.15) is 6.42 Å². The van der Waals surface area contributed by atoms with Crippen molar-refractivity contribution in [3.05, 3.63) is 12.3 Å². The van der Waals surface area contributed by atoms with Crippen LogP contribution in [0.4, 0.5) is 0 Å². The number of methoxy groups -OCH3 is 1. The summed E-state index contributed by atoms with van der Waals surface area (Å²) < 4.78 is 4.84. The fraction of sp³-hybridized carbons (Fsp3) is 0.500. The van der Waals surface area contributed by atoms with Crippen molar-refractivity contribution < 1.29 is 14.9 Å². The van der Waals surface area contributed by atoms with Gasteiger partial charge in [-0.2, -0.15) is 0 Å². The molecule has 0 fully saturated rings. The van der Waals surface area contributed by atoms with Crippen LogP contribution in [0.15, 0.2) is 22.4 Å². The maximum absolute atomic E-state index is 8.84. The summed E-state index contributed by atoms with van der Waals surface area (Å²) in [4.78, 5) is 8.05. The minimum absolute atomic E-state index is 0.0362. The highest BCUT2D eigenvalue weighted by molar-refractivity contribution is 6.46. The second kappa shape index (κ2) is 8.65. The van der Waals surface area contributed by atoms with E-state index in [0.717, 1.165) is 0 Å². The summed E-state index contributed by atoms with van der Waals surface area (Å²) in [5.41, 5.74) is 7.37. The van der Waals surface area contributed by atoms with E-state index < -0.39 is 0 Å². The van der Waals surface area contributed by atoms with Crippen LogP contribution in [0.25, 0.3) is 0 Å². The van der Waals surface area contributed by atoms with E-state index in [1.807, 2.05) is 5.48 Å². The molecule has 0 aliphatic rings. The molecule has 0 saturated heterocycles. The predicted molar refractivity (Wildman–Crippen MR) is 59.8 cm³/mol. The quantitative estimate of drug-likeness (QED) is 0.195. The van der Waals surface area contributed by atoms with E-state index >= 15 is 0 Å². The first-order valence-electron chi connectivity index (χ1n) is 4.49. The lowest BCUT2D eigenvalue weighted by Crippen LogP contribution is -2.33. The van der Waals surface area contributed by atoms with E-state index in [2.05, 4.69) is 21.7 Å². The summed E-state index contributed by atoms with van der Waals surface area (Å²) in [7, 11) is 1.59. The van der Waals surface area contributed by atoms with Crippen molar-refractivity contribution in [2.45, 2.75) is 6.42 Å². The highest BCUT2D eigenvalue weighted by Gasteiger charge is 2.10. The van der Waals surface area contributed by atoms with Gasteiger partial charge in [0.2, 0.25) is 0 Å². The van der Waals surface area contributed by atoms with Gasteiger partial charge in [-0.05, 0) is 6.42 Å². The Hall–Kier alpha value is -1.64. The van der Waals surface area contributed by atoms with Crippen LogP contribution in [0.3, 0.4) is 0 Å². The summed E-state index contributed by atoms with van der Waals surface area (Å²) in [5, 5.41) is 12.2. The van der Waals surface area contributed by atoms with Crippen LogP contribution in [0.5, 0.6) is 0 Å². The van der Waals surface area contributed by atoms with E-state index in [1.54, 1.807) is 7.11 Å². The average molecular weight is 231 g/mol. The highest BCUT2D eigenvalue weighted by Crippen LogP contribution is 1.92. The zero-order chi connectivity index (χ0) is 12.4. The average Bonchev–Trinajstić information content (AvgIpc) is 2.27. The Morgan fingerprint density at radius 3 is 2.69 bits per heavy atom. The molecule has 0 radical (unpaired) electrons. The van der Waals surface area contributed by atoms with E-state index in [9.17, 15) is 0 Å². The first-order valence-corrected chi connectivity index (χ1v) is 4.49. The third kappa shape index (κ3) is 5.29. The van der Waals surface area contributed by atoms with Gasteiger partial charge in [-0.3, -0.25) is 15.7 Å². The number of oxime groups is 1. The number of hydrogen-bond acceptors (Lipinski definition) is 7. The largest absolute Gasteiger partial charge is 0.397 e. The van der Waals surface area contributed by atoms with Crippen molar-refractivity contribution in [2.24, 2.45) is 21.8 Å². The second-order valence-electron chi connectivity index (χ2n) is 2.76. The molecule has 0 saturated carbocycles. The van der Waals surface area contributed by atoms with Gasteiger partial charge in [-0.15, -0.1) is 5.90 Å². The number of amidine groups is 1. The number of ether oxygens (including phenoxy) is 1. The third-order valence-electron chi connectivity index (χ3n) is 1.55. The van der Waals surface area contributed by atoms with Gasteiger partial charge >= 0.3 is 0 Å². The summed E-state index contributed by atoms with van der Waals surface area (Å²) in [6.45, 7) is 4.43. The van der Waals surface area contributed by atoms with Crippen LogP contribution in [-0.4, -0.2) is 37.0 Å². The number of hydrogen-bond donors (Lipinski definition) is 4. The van der Waals surface area contributed by atoms with Crippen LogP contribution < -0.4 is 17.1 Å². The van der Waals surface area contributed by atoms with Crippen LogP contribution in [0, 0.1) is 0 Å². The number of nitrogens with one attached hydrogen (secondary N) is 1. The van der Waals surface area contributed by atoms with Gasteiger partial charge in [-0.1, -0.05) is 11.7 Å². The summed E-state index contributed by atoms with van der Waals surface area (Å²) >= 11 is 0. The molecule has 0 bridgehead atoms. The first kappa shape index (κ1) is 14.4. The molecule has 16 heavy (non-hydrogen) atoms. The molecule has 0 unspecified atom stereocenters. The molecule has 0 aromatic carbocycles. The molecule has 0 aromatic heterocycles. The molecular weight excluding hydrogens is 214 g/mol. The standard InChI is InChI=1S/C8H17N5O3/c1-6(9)7(13-16-10)8(12-14)11-4-3-5-15-2/h14H,1,3-5,9-10H2,2H3,(H,11,12)/b13-7+. The molecule has 0 heterocycles. The maximum Gasteiger partial charge on any atom is 0.176 e. The van der Waals surface area contributed by atoms with Gasteiger partial charge in [0.05, 0.1) is 5.70 Å². The van der Waals surface area contributed by atoms with Gasteiger partial charge in [-0.25, -0.2) is 0 Å². The SMILES string of the molecule is C=C(N)/C(=N\ON)C(=NCCCOC)NO. The fourth-order valence-electron chi connectivity index (χ4n) is 0.870. The molecular formula is C8H17N5O3. The van der Waals surface area contributed by atoms with Gasteiger partial charge < -0.3 is 15.4 Å². The van der Waals surface area contributed by atoms with Gasteiger partial charge in [0, 0.05) is 20.3 Å². The molecule has 0 amide bonds. The Balaban J connectivity index is 4.54. The Labute approximate surface area is 93.5 Å². The topological polar surface area (TPSA) is 127 Å². The van der Waals surface area contributed by atoms with Crippen LogP contribution in [-0.2, 0) is 9.68 Å². The third-order valence-corrected chi connectivity index (χ3v) is 1.55. The summed E-state index contributed by atoms with van der Waals surface area (Å²) in [6.07, 6.45) is 0.690. The van der Waals surface area contributed by atoms with Crippen LogP contribution in [0.2, 0.25) is 0 Å². The van der Waals surface area contributed by atoms with Crippen molar-refractivity contribution in [3.63, 3.8) is 0 Å². The molecule has 92 valence electrons. The molecule has 6 N–H and O–H groups in total. The van der Waals surface area contributed by atoms with E-state index in [0.29, 0.717) is 19.6 Å². The lowest BCUT2D eigenvalue weighted by Gasteiger charge is -2.06. The molecule has 0 rings (SSSR count). The van der Waals surface area contributed by atoms with Crippen molar-refractivity contribution in [1.82, 2.24) is 5.48 Å². The number of nitrogens with two attached hydrogens (primary N) is 2. The molecule has 0 aliphatic carbocycles. The minimum Gasteiger partial charge on any atom is -0.397 e. The van der Waals surface area contributed by atoms with Crippen molar-refractivity contribution in [1.29, 1.82) is 0 Å². The molecule has 0 atom stereocenters. The molecule has 0 aromatic rings. The lowest BCUT2D eigenvalue weighted by atomic mass is 10.3. The monoisotopic (exact) mass is 231 g/mol. The molecule has 8 heteroatoms. The zero-order valence-corrected chi connectivity index (χ0v) is 9.14. The Kier molecular flexibility index (Phi) is 7.76. The van der Waals surface area contributed by atoms with E-state index in [-0.39, 0.29) is 17.2 Å². The van der Waals surface area contributed by atoms with E-state index in [4.69, 9.17) is 21.6 Å². The van der Waals surface area contributed by atoms with Crippen LogP contribution >= 0.6 is 0 Å². The molecule has 0 spiro atoms. The molecule has 8 nitrogen and oxygen atoms in total. The highest BCUT2D eigenvalue weighted by atomic mass is 16.7. The molecule has 0 aliphatic heterocycles. The lowest BCUT2D eigenvalue weighted by molar-refractivity contribution is 0.149. The smallest absolute Gasteiger partial charge is 0.176 e. The van der Waals surface area contributed by atoms with E-state index in [1.165, 1.54) is 0 Å². The van der Waals surface area contributed by atoms with Crippen molar-refractivity contribution in [3.8, 4) is 0 Å². The maximum atomic E-state index is 8.84. The fourth-order valence-corrected chi connectivity index (χ4v) is 0.870. The number of nitrogens with zero attached hydrogens (tertiary/aromatic N) is 2. The first-order chi connectivity index (χ1) is 7.67. The predicted octanol–water partition coefficient (Wildman–Crippen LogP) is -0.881. The summed E-state index contributed by atoms with van der Waals surface area (Å²) in [5.74, 6) is 4.80. The van der Waals surface area contributed by atoms with Gasteiger partial charge in [0.1, 0.15) is 0 Å². The number of rotatable bonds is 7. The van der Waals surface area contributed by atoms with Crippen molar-refractivity contribution >= 4 is 11.5 Å². The van der Waals surface area contributed by atoms with Crippen molar-refractivity contribution in [2.75, 3.05) is 20.3 Å². The Morgan fingerprint density at radius 1 is 1.56 bits per heavy atom. The summed E-state index contributed by atoms with van der Waals surface area (Å²) in [6, 6.07) is 0. The Morgan fingerprint density at radius 2 is 2.25 bits per heavy atom. The Bertz CT molecular complexity index is 277. The zero-order valence-electron chi connectivity index (χ0n) is 9.14. The minimum atomic E-state index is 0.0362. The van der Waals surface area contributed by atoms with Gasteiger partial charge in [0.15, 0.2) is 11.5 Å². The number of aliphatic imine (C=N–C) groups is 1. The second-order valence-corrected chi connectivity index (χ2v) is 2.76. The van der Waals surface area contributed by atoms with Gasteiger partial charge in [0.25, 0.3) is 0 Å².